The molecule has 0 aliphatic rings. The maximum Gasteiger partial charge on any atom is -0.225 e. The lowest BCUT2D eigenvalue weighted by Crippen LogP contribution is -1.28. The van der Waals surface area contributed by atoms with Crippen molar-refractivity contribution in [3.05, 3.63) is 10.4 Å². The smallest absolute Gasteiger partial charge is 0.225 e. The third kappa shape index (κ3) is 1.20. The topological polar surface area (TPSA) is 70.8 Å². The zero-order valence-corrected chi connectivity index (χ0v) is 1.71. The summed E-state index contributed by atoms with van der Waals surface area (Å²) in [5, 5.41) is 20.0. The van der Waals surface area contributed by atoms with Crippen molar-refractivity contribution in [2.45, 2.75) is 0 Å². The van der Waals surface area contributed by atoms with Gasteiger partial charge in [0.2, 0.25) is 0 Å². The van der Waals surface area contributed by atoms with Crippen LogP contribution in [0.2, 0.25) is 0 Å². The summed E-state index contributed by atoms with van der Waals surface area (Å²) in [7, 11) is 0. The van der Waals surface area contributed by atoms with E-state index in [4.69, 9.17) is 10.4 Å². The molecule has 0 aromatic rings. The average Bonchev–Trinajstić information content (AvgIpc) is 1.37. The van der Waals surface area contributed by atoms with E-state index in [0.29, 0.717) is 0 Å². The second-order valence-corrected chi connectivity index (χ2v) is 0.163. The van der Waals surface area contributed by atoms with E-state index in [9.17, 15) is 0 Å². The second-order valence-electron chi connectivity index (χ2n) is 0.163. The van der Waals surface area contributed by atoms with E-state index in [0.717, 1.165) is 0 Å². The van der Waals surface area contributed by atoms with Crippen LogP contribution >= 0.6 is 0 Å². The zero-order chi connectivity index (χ0) is 3.41. The summed E-state index contributed by atoms with van der Waals surface area (Å²) in [6.45, 7) is 0. The highest BCUT2D eigenvalue weighted by Gasteiger charge is 1.04. The van der Waals surface area contributed by atoms with Gasteiger partial charge in [-0.05, 0) is 0 Å². The van der Waals surface area contributed by atoms with Gasteiger partial charge in [-0.2, -0.15) is 0 Å². The molecule has 0 fully saturated rings. The Labute approximate surface area is 22.3 Å². The van der Waals surface area contributed by atoms with Crippen LogP contribution in [0.5, 0.6) is 0 Å². The summed E-state index contributed by atoms with van der Waals surface area (Å²) in [4.78, 5) is 0. The van der Waals surface area contributed by atoms with Gasteiger partial charge in [0.05, 0.1) is 0 Å². The Morgan fingerprint density at radius 3 is 1.25 bits per heavy atom. The molecular formula is N2O2-2. The molecule has 4 heteroatoms. The van der Waals surface area contributed by atoms with Crippen molar-refractivity contribution in [1.82, 2.24) is 0 Å². The summed E-state index contributed by atoms with van der Waals surface area (Å²) in [5.41, 5.74) is 0. The predicted molar refractivity (Wildman–Crippen MR) is 11.6 cm³/mol. The number of rotatable bonds is 0. The summed E-state index contributed by atoms with van der Waals surface area (Å²) < 4.78 is 0. The summed E-state index contributed by atoms with van der Waals surface area (Å²) >= 11 is 0. The van der Waals surface area contributed by atoms with Crippen LogP contribution in [0.15, 0.2) is 10.6 Å². The highest BCUT2D eigenvalue weighted by atomic mass is 16.5. The Bertz CT molecular complexity index is 19.2. The normalized spacial score (nSPS) is 9.00. The molecule has 0 amide bonds. The van der Waals surface area contributed by atoms with Crippen LogP contribution in [0.3, 0.4) is 0 Å². The van der Waals surface area contributed by atoms with Crippen molar-refractivity contribution in [3.63, 3.8) is 0 Å². The molecule has 0 radical (unpaired) electrons. The number of hydrogen-bond acceptors (Lipinski definition) is 4. The highest BCUT2D eigenvalue weighted by molar-refractivity contribution is 4.26. The predicted octanol–water partition coefficient (Wildman–Crippen LogP) is 0.434. The SMILES string of the molecule is [O-]/N=N/[O-]. The van der Waals surface area contributed by atoms with E-state index in [-0.39, 0.29) is 0 Å². The molecule has 0 saturated carbocycles. The number of hydrogen-bond donors (Lipinski definition) is 0. The molecule has 24 valence electrons. The van der Waals surface area contributed by atoms with Crippen LogP contribution in [-0.4, -0.2) is 0 Å². The quantitative estimate of drug-likeness (QED) is 0.300. The molecule has 4 nitrogen and oxygen atoms in total. The lowest BCUT2D eigenvalue weighted by molar-refractivity contribution is 1.25. The van der Waals surface area contributed by atoms with E-state index >= 15 is 0 Å². The van der Waals surface area contributed by atoms with E-state index in [2.05, 4.69) is 0 Å². The third-order valence-corrected chi connectivity index (χ3v) is 0.0333. The molecule has 0 aromatic carbocycles. The van der Waals surface area contributed by atoms with Crippen molar-refractivity contribution in [1.29, 1.82) is 0 Å². The zero-order valence-electron chi connectivity index (χ0n) is 1.71. The molecule has 0 unspecified atom stereocenters. The van der Waals surface area contributed by atoms with Gasteiger partial charge >= 0.3 is 0 Å². The van der Waals surface area contributed by atoms with Gasteiger partial charge in [0.25, 0.3) is 0 Å². The summed E-state index contributed by atoms with van der Waals surface area (Å²) in [6, 6.07) is 0. The van der Waals surface area contributed by atoms with Gasteiger partial charge in [-0.3, -0.25) is 0 Å². The Morgan fingerprint density at radius 1 is 1.00 bits per heavy atom. The van der Waals surface area contributed by atoms with Gasteiger partial charge in [0.1, 0.15) is 0 Å². The molecule has 0 rings (SSSR count). The standard InChI is InChI=1S/H2N2O2/c3-1-2-4/h(H,1,4)(H,2,3)/p-2. The molecule has 0 aromatic heterocycles. The first-order valence-corrected chi connectivity index (χ1v) is 0.565. The Kier molecular flexibility index (Phi) is 1.76. The van der Waals surface area contributed by atoms with Crippen LogP contribution in [0.4, 0.5) is 0 Å². The first kappa shape index (κ1) is 3.20. The molecule has 0 atom stereocenters. The Balaban J connectivity index is 2.55. The molecule has 0 heterocycles. The third-order valence-electron chi connectivity index (χ3n) is 0.0333. The minimum atomic E-state index is 1.56. The first-order chi connectivity index (χ1) is 1.91. The molecule has 0 aliphatic carbocycles. The molecule has 0 spiro atoms. The largest absolute Gasteiger partial charge is 0.775 e. The molecule has 0 saturated heterocycles. The van der Waals surface area contributed by atoms with E-state index < -0.39 is 0 Å². The molecule has 0 N–H and O–H groups in total. The van der Waals surface area contributed by atoms with Gasteiger partial charge in [-0.15, -0.1) is 0 Å². The minimum absolute atomic E-state index is 1.56. The van der Waals surface area contributed by atoms with Gasteiger partial charge in [-0.1, -0.05) is 0 Å². The molecule has 4 heavy (non-hydrogen) atoms. The van der Waals surface area contributed by atoms with Gasteiger partial charge in [0, 0.05) is 0 Å². The average molecular weight is 60.0 g/mol. The lowest BCUT2D eigenvalue weighted by atomic mass is 13.0. The maximum absolute atomic E-state index is 8.44. The van der Waals surface area contributed by atoms with Gasteiger partial charge in [-0.25, -0.2) is 10.6 Å². The van der Waals surface area contributed by atoms with E-state index in [1.807, 2.05) is 0 Å². The van der Waals surface area contributed by atoms with Crippen molar-refractivity contribution in [2.24, 2.45) is 10.6 Å². The lowest BCUT2D eigenvalue weighted by Gasteiger charge is -1.86. The van der Waals surface area contributed by atoms with Crippen molar-refractivity contribution in [2.75, 3.05) is 0 Å². The second kappa shape index (κ2) is 2.20. The van der Waals surface area contributed by atoms with Crippen LogP contribution in [0, 0.1) is 10.4 Å². The van der Waals surface area contributed by atoms with Crippen LogP contribution in [0.25, 0.3) is 0 Å². The first-order valence-electron chi connectivity index (χ1n) is 0.565. The summed E-state index contributed by atoms with van der Waals surface area (Å²) in [5.74, 6) is 0. The van der Waals surface area contributed by atoms with E-state index in [1.165, 1.54) is 0 Å². The maximum atomic E-state index is 8.44. The fourth-order valence-corrected chi connectivity index (χ4v) is 0. The van der Waals surface area contributed by atoms with Crippen LogP contribution in [0.1, 0.15) is 0 Å². The van der Waals surface area contributed by atoms with Crippen molar-refractivity contribution < 1.29 is 0 Å². The number of nitrogens with zero attached hydrogens (tertiary/aromatic N) is 2. The molecule has 0 aliphatic heterocycles. The highest BCUT2D eigenvalue weighted by Crippen LogP contribution is 1.55. The molecular weight excluding hydrogens is 60.0 g/mol. The minimum Gasteiger partial charge on any atom is -0.775 e. The fourth-order valence-electron chi connectivity index (χ4n) is 0. The summed E-state index contributed by atoms with van der Waals surface area (Å²) in [6.07, 6.45) is 0. The molecule has 0 bridgehead atoms. The van der Waals surface area contributed by atoms with Crippen molar-refractivity contribution >= 4 is 0 Å². The Hall–Kier alpha value is -0.800. The van der Waals surface area contributed by atoms with Gasteiger partial charge in [0.15, 0.2) is 0 Å². The van der Waals surface area contributed by atoms with Crippen LogP contribution < -0.4 is 0 Å². The monoisotopic (exact) mass is 60.0 g/mol. The fraction of sp³-hybridized carbons (Fsp3) is 0. The van der Waals surface area contributed by atoms with Crippen molar-refractivity contribution in [3.8, 4) is 0 Å². The van der Waals surface area contributed by atoms with Gasteiger partial charge < -0.3 is 10.4 Å². The van der Waals surface area contributed by atoms with E-state index in [1.54, 1.807) is 10.6 Å². The Morgan fingerprint density at radius 2 is 1.25 bits per heavy atom. The van der Waals surface area contributed by atoms with Crippen LogP contribution in [-0.2, 0) is 0 Å².